The Morgan fingerprint density at radius 2 is 1.58 bits per heavy atom. The summed E-state index contributed by atoms with van der Waals surface area (Å²) in [6, 6.07) is 15.8. The summed E-state index contributed by atoms with van der Waals surface area (Å²) >= 11 is 0. The average molecular weight is 352 g/mol. The normalized spacial score (nSPS) is 19.6. The van der Waals surface area contributed by atoms with Gasteiger partial charge in [0.2, 0.25) is 6.10 Å². The van der Waals surface area contributed by atoms with Gasteiger partial charge in [-0.3, -0.25) is 4.79 Å². The van der Waals surface area contributed by atoms with Gasteiger partial charge in [0.05, 0.1) is 0 Å². The van der Waals surface area contributed by atoms with Crippen molar-refractivity contribution in [2.24, 2.45) is 0 Å². The molecule has 2 N–H and O–H groups in total. The molecule has 5 nitrogen and oxygen atoms in total. The molecular weight excluding hydrogens is 328 g/mol. The molecule has 2 aromatic carbocycles. The van der Waals surface area contributed by atoms with Crippen LogP contribution in [0.1, 0.15) is 32.1 Å². The minimum absolute atomic E-state index is 0.201. The molecule has 1 aliphatic carbocycles. The van der Waals surface area contributed by atoms with Crippen LogP contribution in [0.5, 0.6) is 11.5 Å². The fourth-order valence-electron chi connectivity index (χ4n) is 3.50. The topological polar surface area (TPSA) is 59.6 Å². The standard InChI is InChI=1S/C21H24N2O3/c24-21(20-14-25-18-8-4-5-9-19(18)26-20)23-17-12-10-16(11-13-17)22-15-6-2-1-3-7-15/h4-5,8-13,15,20,22H,1-3,6-7,14H2,(H,23,24)/t20-/m0/s1. The van der Waals surface area contributed by atoms with Gasteiger partial charge in [0.15, 0.2) is 11.5 Å². The molecule has 1 saturated carbocycles. The van der Waals surface area contributed by atoms with Crippen molar-refractivity contribution in [3.63, 3.8) is 0 Å². The van der Waals surface area contributed by atoms with E-state index in [4.69, 9.17) is 9.47 Å². The number of anilines is 2. The van der Waals surface area contributed by atoms with Gasteiger partial charge in [0.25, 0.3) is 5.91 Å². The number of nitrogens with one attached hydrogen (secondary N) is 2. The third-order valence-electron chi connectivity index (χ3n) is 4.93. The predicted octanol–water partition coefficient (Wildman–Crippen LogP) is 4.21. The molecule has 0 spiro atoms. The van der Waals surface area contributed by atoms with Gasteiger partial charge in [0, 0.05) is 17.4 Å². The van der Waals surface area contributed by atoms with Crippen LogP contribution in [0.2, 0.25) is 0 Å². The summed E-state index contributed by atoms with van der Waals surface area (Å²) in [6.07, 6.45) is 5.78. The second-order valence-corrected chi connectivity index (χ2v) is 6.91. The maximum absolute atomic E-state index is 12.4. The van der Waals surface area contributed by atoms with E-state index < -0.39 is 6.10 Å². The van der Waals surface area contributed by atoms with Crippen LogP contribution >= 0.6 is 0 Å². The third kappa shape index (κ3) is 3.93. The second-order valence-electron chi connectivity index (χ2n) is 6.91. The maximum atomic E-state index is 12.4. The number of carbonyl (C=O) groups is 1. The van der Waals surface area contributed by atoms with Gasteiger partial charge >= 0.3 is 0 Å². The lowest BCUT2D eigenvalue weighted by atomic mass is 9.95. The first-order valence-corrected chi connectivity index (χ1v) is 9.34. The van der Waals surface area contributed by atoms with E-state index in [2.05, 4.69) is 10.6 Å². The van der Waals surface area contributed by atoms with E-state index in [1.807, 2.05) is 42.5 Å². The van der Waals surface area contributed by atoms with Crippen LogP contribution < -0.4 is 20.1 Å². The zero-order chi connectivity index (χ0) is 17.8. The lowest BCUT2D eigenvalue weighted by Crippen LogP contribution is -2.40. The lowest BCUT2D eigenvalue weighted by molar-refractivity contribution is -0.125. The van der Waals surface area contributed by atoms with E-state index in [0.717, 1.165) is 11.4 Å². The Kier molecular flexibility index (Phi) is 4.95. The van der Waals surface area contributed by atoms with E-state index in [-0.39, 0.29) is 12.5 Å². The number of amides is 1. The summed E-state index contributed by atoms with van der Waals surface area (Å²) in [5, 5.41) is 6.48. The number of hydrogen-bond donors (Lipinski definition) is 2. The van der Waals surface area contributed by atoms with Crippen LogP contribution in [0.25, 0.3) is 0 Å². The van der Waals surface area contributed by atoms with Crippen molar-refractivity contribution in [1.82, 2.24) is 0 Å². The molecule has 0 unspecified atom stereocenters. The Bertz CT molecular complexity index is 754. The van der Waals surface area contributed by atoms with Gasteiger partial charge in [-0.1, -0.05) is 31.4 Å². The molecule has 0 bridgehead atoms. The van der Waals surface area contributed by atoms with Gasteiger partial charge in [-0.05, 0) is 49.2 Å². The van der Waals surface area contributed by atoms with Gasteiger partial charge in [-0.2, -0.15) is 0 Å². The first kappa shape index (κ1) is 16.8. The molecule has 1 fully saturated rings. The van der Waals surface area contributed by atoms with E-state index in [1.165, 1.54) is 32.1 Å². The molecule has 0 radical (unpaired) electrons. The molecule has 0 saturated heterocycles. The van der Waals surface area contributed by atoms with Crippen molar-refractivity contribution in [3.8, 4) is 11.5 Å². The van der Waals surface area contributed by atoms with E-state index >= 15 is 0 Å². The zero-order valence-corrected chi connectivity index (χ0v) is 14.7. The van der Waals surface area contributed by atoms with Crippen molar-refractivity contribution >= 4 is 17.3 Å². The van der Waals surface area contributed by atoms with Crippen molar-refractivity contribution in [2.45, 2.75) is 44.2 Å². The van der Waals surface area contributed by atoms with E-state index in [1.54, 1.807) is 6.07 Å². The number of para-hydroxylation sites is 2. The first-order valence-electron chi connectivity index (χ1n) is 9.34. The largest absolute Gasteiger partial charge is 0.485 e. The lowest BCUT2D eigenvalue weighted by Gasteiger charge is -2.25. The Balaban J connectivity index is 1.33. The van der Waals surface area contributed by atoms with Crippen LogP contribution in [-0.2, 0) is 4.79 Å². The van der Waals surface area contributed by atoms with Gasteiger partial charge in [-0.15, -0.1) is 0 Å². The summed E-state index contributed by atoms with van der Waals surface area (Å²) in [5.74, 6) is 1.08. The molecule has 1 amide bonds. The van der Waals surface area contributed by atoms with E-state index in [0.29, 0.717) is 17.5 Å². The molecule has 136 valence electrons. The minimum Gasteiger partial charge on any atom is -0.485 e. The van der Waals surface area contributed by atoms with E-state index in [9.17, 15) is 4.79 Å². The number of ether oxygens (including phenoxy) is 2. The molecule has 5 heteroatoms. The molecule has 26 heavy (non-hydrogen) atoms. The molecule has 1 atom stereocenters. The van der Waals surface area contributed by atoms with Crippen LogP contribution in [0.4, 0.5) is 11.4 Å². The van der Waals surface area contributed by atoms with Gasteiger partial charge in [0.1, 0.15) is 6.61 Å². The number of rotatable bonds is 4. The third-order valence-corrected chi connectivity index (χ3v) is 4.93. The quantitative estimate of drug-likeness (QED) is 0.865. The van der Waals surface area contributed by atoms with Crippen LogP contribution in [0, 0.1) is 0 Å². The predicted molar refractivity (Wildman–Crippen MR) is 102 cm³/mol. The average Bonchev–Trinajstić information content (AvgIpc) is 2.70. The number of fused-ring (bicyclic) bond motifs is 1. The highest BCUT2D eigenvalue weighted by atomic mass is 16.6. The molecule has 2 aromatic rings. The Morgan fingerprint density at radius 3 is 2.35 bits per heavy atom. The Labute approximate surface area is 153 Å². The smallest absolute Gasteiger partial charge is 0.269 e. The summed E-state index contributed by atoms with van der Waals surface area (Å²) in [5.41, 5.74) is 1.85. The molecule has 1 aliphatic heterocycles. The second kappa shape index (κ2) is 7.68. The van der Waals surface area contributed by atoms with Gasteiger partial charge < -0.3 is 20.1 Å². The molecule has 0 aromatic heterocycles. The highest BCUT2D eigenvalue weighted by molar-refractivity contribution is 5.94. The fraction of sp³-hybridized carbons (Fsp3) is 0.381. The van der Waals surface area contributed by atoms with Crippen LogP contribution in [-0.4, -0.2) is 24.7 Å². The monoisotopic (exact) mass is 352 g/mol. The summed E-state index contributed by atoms with van der Waals surface area (Å²) < 4.78 is 11.3. The van der Waals surface area contributed by atoms with Crippen LogP contribution in [0.3, 0.4) is 0 Å². The highest BCUT2D eigenvalue weighted by Crippen LogP contribution is 2.31. The SMILES string of the molecule is O=C(Nc1ccc(NC2CCCCC2)cc1)[C@@H]1COc2ccccc2O1. The molecule has 2 aliphatic rings. The molecule has 1 heterocycles. The Hall–Kier alpha value is -2.69. The summed E-state index contributed by atoms with van der Waals surface area (Å²) in [6.45, 7) is 0.212. The van der Waals surface area contributed by atoms with Crippen molar-refractivity contribution < 1.29 is 14.3 Å². The molecule has 4 rings (SSSR count). The minimum atomic E-state index is -0.648. The fourth-order valence-corrected chi connectivity index (χ4v) is 3.50. The molecular formula is C21H24N2O3. The van der Waals surface area contributed by atoms with Crippen molar-refractivity contribution in [3.05, 3.63) is 48.5 Å². The number of carbonyl (C=O) groups excluding carboxylic acids is 1. The first-order chi connectivity index (χ1) is 12.8. The summed E-state index contributed by atoms with van der Waals surface area (Å²) in [7, 11) is 0. The summed E-state index contributed by atoms with van der Waals surface area (Å²) in [4.78, 5) is 12.4. The number of benzene rings is 2. The van der Waals surface area contributed by atoms with Crippen molar-refractivity contribution in [1.29, 1.82) is 0 Å². The number of hydrogen-bond acceptors (Lipinski definition) is 4. The zero-order valence-electron chi connectivity index (χ0n) is 14.7. The van der Waals surface area contributed by atoms with Crippen LogP contribution in [0.15, 0.2) is 48.5 Å². The Morgan fingerprint density at radius 1 is 0.885 bits per heavy atom. The van der Waals surface area contributed by atoms with Crippen molar-refractivity contribution in [2.75, 3.05) is 17.2 Å². The highest BCUT2D eigenvalue weighted by Gasteiger charge is 2.27. The maximum Gasteiger partial charge on any atom is 0.269 e. The van der Waals surface area contributed by atoms with Gasteiger partial charge in [-0.25, -0.2) is 0 Å².